The molecule has 0 saturated carbocycles. The molecular formula is C36H40N2O4. The average molecular weight is 565 g/mol. The Morgan fingerprint density at radius 1 is 0.714 bits per heavy atom. The number of aliphatic hydroxyl groups is 1. The highest BCUT2D eigenvalue weighted by Crippen LogP contribution is 2.41. The van der Waals surface area contributed by atoms with Gasteiger partial charge < -0.3 is 24.2 Å². The van der Waals surface area contributed by atoms with Gasteiger partial charge in [0.25, 0.3) is 0 Å². The Morgan fingerprint density at radius 2 is 1.31 bits per heavy atom. The first-order chi connectivity index (χ1) is 20.5. The number of morpholine rings is 1. The molecule has 0 aromatic heterocycles. The van der Waals surface area contributed by atoms with Crippen molar-refractivity contribution < 1.29 is 19.3 Å². The lowest BCUT2D eigenvalue weighted by atomic mass is 9.97. The molecule has 1 unspecified atom stereocenters. The molecule has 0 radical (unpaired) electrons. The van der Waals surface area contributed by atoms with Crippen LogP contribution in [0.15, 0.2) is 91.0 Å². The summed E-state index contributed by atoms with van der Waals surface area (Å²) in [5.74, 6) is 1.63. The minimum Gasteiger partial charge on any atom is -0.488 e. The maximum absolute atomic E-state index is 11.9. The largest absolute Gasteiger partial charge is 0.488 e. The van der Waals surface area contributed by atoms with E-state index in [2.05, 4.69) is 72.2 Å². The van der Waals surface area contributed by atoms with Crippen LogP contribution < -0.4 is 14.4 Å². The van der Waals surface area contributed by atoms with Crippen molar-refractivity contribution in [1.29, 1.82) is 0 Å². The molecular weight excluding hydrogens is 524 g/mol. The Kier molecular flexibility index (Phi) is 8.75. The number of hydrogen-bond donors (Lipinski definition) is 1. The highest BCUT2D eigenvalue weighted by atomic mass is 16.5. The van der Waals surface area contributed by atoms with Crippen LogP contribution in [0.25, 0.3) is 0 Å². The van der Waals surface area contributed by atoms with E-state index in [1.54, 1.807) is 0 Å². The number of benzene rings is 4. The van der Waals surface area contributed by atoms with Crippen molar-refractivity contribution in [2.24, 2.45) is 0 Å². The molecule has 0 spiro atoms. The van der Waals surface area contributed by atoms with Crippen LogP contribution in [0.4, 0.5) is 5.69 Å². The third kappa shape index (κ3) is 6.46. The lowest BCUT2D eigenvalue weighted by molar-refractivity contribution is -0.00397. The Hall–Kier alpha value is -3.84. The van der Waals surface area contributed by atoms with Gasteiger partial charge in [0, 0.05) is 43.5 Å². The standard InChI is InChI=1S/C36H40N2O4/c1-26(2)32-20-33(36(39)38-22-29-13-14-31(19-30(29)23-38)37-15-17-40-18-16-37)35(42-25-28-11-7-4-8-12-28)21-34(32)41-24-27-9-5-3-6-10-27/h3-14,19-21,26,36,39H,15-18,22-25H2,1-2H3. The number of nitrogens with zero attached hydrogens (tertiary/aromatic N) is 2. The average Bonchev–Trinajstić information content (AvgIpc) is 3.47. The van der Waals surface area contributed by atoms with Crippen molar-refractivity contribution in [3.8, 4) is 11.5 Å². The van der Waals surface area contributed by atoms with Crippen LogP contribution in [-0.4, -0.2) is 36.3 Å². The number of ether oxygens (including phenoxy) is 3. The summed E-state index contributed by atoms with van der Waals surface area (Å²) in [6.07, 6.45) is -0.823. The van der Waals surface area contributed by atoms with Crippen LogP contribution in [-0.2, 0) is 31.0 Å². The highest BCUT2D eigenvalue weighted by Gasteiger charge is 2.30. The summed E-state index contributed by atoms with van der Waals surface area (Å²) in [7, 11) is 0. The summed E-state index contributed by atoms with van der Waals surface area (Å²) in [5, 5.41) is 11.9. The van der Waals surface area contributed by atoms with E-state index >= 15 is 0 Å². The number of fused-ring (bicyclic) bond motifs is 1. The van der Waals surface area contributed by atoms with E-state index in [0.29, 0.717) is 32.1 Å². The van der Waals surface area contributed by atoms with Crippen molar-refractivity contribution in [3.05, 3.63) is 124 Å². The molecule has 2 aliphatic heterocycles. The number of rotatable bonds is 10. The first-order valence-electron chi connectivity index (χ1n) is 14.9. The van der Waals surface area contributed by atoms with Gasteiger partial charge in [-0.05, 0) is 51.9 Å². The zero-order valence-electron chi connectivity index (χ0n) is 24.5. The second-order valence-electron chi connectivity index (χ2n) is 11.5. The molecule has 1 atom stereocenters. The second kappa shape index (κ2) is 13.0. The van der Waals surface area contributed by atoms with Gasteiger partial charge >= 0.3 is 0 Å². The Labute approximate surface area is 249 Å². The fourth-order valence-corrected chi connectivity index (χ4v) is 5.76. The third-order valence-electron chi connectivity index (χ3n) is 8.18. The van der Waals surface area contributed by atoms with Gasteiger partial charge in [-0.15, -0.1) is 0 Å². The van der Waals surface area contributed by atoms with Crippen LogP contribution in [0.1, 0.15) is 59.4 Å². The SMILES string of the molecule is CC(C)c1cc(C(O)N2Cc3ccc(N4CCOCC4)cc3C2)c(OCc2ccccc2)cc1OCc1ccccc1. The molecule has 1 saturated heterocycles. The molecule has 1 N–H and O–H groups in total. The molecule has 6 nitrogen and oxygen atoms in total. The van der Waals surface area contributed by atoms with E-state index in [9.17, 15) is 5.11 Å². The van der Waals surface area contributed by atoms with E-state index in [0.717, 1.165) is 54.3 Å². The zero-order chi connectivity index (χ0) is 28.9. The van der Waals surface area contributed by atoms with Crippen LogP contribution in [0.5, 0.6) is 11.5 Å². The van der Waals surface area contributed by atoms with Crippen molar-refractivity contribution in [3.63, 3.8) is 0 Å². The number of aliphatic hydroxyl groups excluding tert-OH is 1. The third-order valence-corrected chi connectivity index (χ3v) is 8.18. The lowest BCUT2D eigenvalue weighted by Crippen LogP contribution is -2.36. The lowest BCUT2D eigenvalue weighted by Gasteiger charge is -2.29. The fourth-order valence-electron chi connectivity index (χ4n) is 5.76. The molecule has 6 rings (SSSR count). The molecule has 0 aliphatic carbocycles. The van der Waals surface area contributed by atoms with Crippen molar-refractivity contribution in [2.75, 3.05) is 31.2 Å². The Morgan fingerprint density at radius 3 is 1.93 bits per heavy atom. The molecule has 218 valence electrons. The van der Waals surface area contributed by atoms with E-state index in [4.69, 9.17) is 14.2 Å². The highest BCUT2D eigenvalue weighted by molar-refractivity contribution is 5.53. The number of anilines is 1. The number of hydrogen-bond acceptors (Lipinski definition) is 6. The van der Waals surface area contributed by atoms with E-state index in [1.807, 2.05) is 42.5 Å². The van der Waals surface area contributed by atoms with E-state index < -0.39 is 6.23 Å². The smallest absolute Gasteiger partial charge is 0.137 e. The van der Waals surface area contributed by atoms with Gasteiger partial charge in [0.15, 0.2) is 0 Å². The molecule has 6 heteroatoms. The molecule has 2 aliphatic rings. The molecule has 0 amide bonds. The Bertz CT molecular complexity index is 1470. The van der Waals surface area contributed by atoms with Crippen LogP contribution >= 0.6 is 0 Å². The topological polar surface area (TPSA) is 54.4 Å². The maximum Gasteiger partial charge on any atom is 0.137 e. The van der Waals surface area contributed by atoms with Crippen LogP contribution in [0.2, 0.25) is 0 Å². The molecule has 4 aromatic carbocycles. The second-order valence-corrected chi connectivity index (χ2v) is 11.5. The van der Waals surface area contributed by atoms with Crippen LogP contribution in [0, 0.1) is 0 Å². The van der Waals surface area contributed by atoms with Crippen molar-refractivity contribution in [1.82, 2.24) is 4.90 Å². The quantitative estimate of drug-likeness (QED) is 0.228. The Balaban J connectivity index is 1.28. The van der Waals surface area contributed by atoms with Gasteiger partial charge in [-0.2, -0.15) is 0 Å². The first kappa shape index (κ1) is 28.3. The molecule has 1 fully saturated rings. The van der Waals surface area contributed by atoms with Crippen molar-refractivity contribution in [2.45, 2.75) is 52.3 Å². The predicted molar refractivity (Wildman–Crippen MR) is 166 cm³/mol. The van der Waals surface area contributed by atoms with Gasteiger partial charge in [0.2, 0.25) is 0 Å². The van der Waals surface area contributed by atoms with Gasteiger partial charge in [0.1, 0.15) is 30.9 Å². The van der Waals surface area contributed by atoms with Crippen LogP contribution in [0.3, 0.4) is 0 Å². The minimum absolute atomic E-state index is 0.205. The summed E-state index contributed by atoms with van der Waals surface area (Å²) in [6.45, 7) is 9.88. The summed E-state index contributed by atoms with van der Waals surface area (Å²) in [5.41, 5.74) is 7.74. The van der Waals surface area contributed by atoms with E-state index in [-0.39, 0.29) is 5.92 Å². The fraction of sp³-hybridized carbons (Fsp3) is 0.333. The van der Waals surface area contributed by atoms with Gasteiger partial charge in [-0.3, -0.25) is 4.90 Å². The predicted octanol–water partition coefficient (Wildman–Crippen LogP) is 6.81. The summed E-state index contributed by atoms with van der Waals surface area (Å²) in [4.78, 5) is 4.49. The molecule has 42 heavy (non-hydrogen) atoms. The zero-order valence-corrected chi connectivity index (χ0v) is 24.5. The summed E-state index contributed by atoms with van der Waals surface area (Å²) < 4.78 is 18.3. The van der Waals surface area contributed by atoms with Gasteiger partial charge in [0.05, 0.1) is 13.2 Å². The first-order valence-corrected chi connectivity index (χ1v) is 14.9. The minimum atomic E-state index is -0.823. The van der Waals surface area contributed by atoms with Gasteiger partial charge in [-0.1, -0.05) is 80.6 Å². The summed E-state index contributed by atoms with van der Waals surface area (Å²) >= 11 is 0. The van der Waals surface area contributed by atoms with Crippen molar-refractivity contribution >= 4 is 5.69 Å². The molecule has 0 bridgehead atoms. The van der Waals surface area contributed by atoms with E-state index in [1.165, 1.54) is 16.8 Å². The van der Waals surface area contributed by atoms with Gasteiger partial charge in [-0.25, -0.2) is 0 Å². The monoisotopic (exact) mass is 564 g/mol. The maximum atomic E-state index is 11.9. The molecule has 4 aromatic rings. The summed E-state index contributed by atoms with van der Waals surface area (Å²) in [6, 6.07) is 31.0. The normalized spacial score (nSPS) is 16.0. The molecule has 2 heterocycles.